The third kappa shape index (κ3) is 3.45. The maximum absolute atomic E-state index is 12.9. The zero-order chi connectivity index (χ0) is 18.0. The van der Waals surface area contributed by atoms with Gasteiger partial charge in [0.1, 0.15) is 5.52 Å². The van der Waals surface area contributed by atoms with Crippen molar-refractivity contribution < 1.29 is 0 Å². The maximum Gasteiger partial charge on any atom is 0.262 e. The van der Waals surface area contributed by atoms with Crippen molar-refractivity contribution in [3.05, 3.63) is 39.8 Å². The van der Waals surface area contributed by atoms with Crippen LogP contribution < -0.4 is 11.3 Å². The van der Waals surface area contributed by atoms with Crippen LogP contribution >= 0.6 is 0 Å². The number of aromatic nitrogens is 3. The first-order valence-electron chi connectivity index (χ1n) is 8.88. The molecule has 0 saturated heterocycles. The molecule has 2 heterocycles. The predicted octanol–water partition coefficient (Wildman–Crippen LogP) is 2.03. The summed E-state index contributed by atoms with van der Waals surface area (Å²) in [4.78, 5) is 15.1. The first kappa shape index (κ1) is 17.6. The minimum Gasteiger partial charge on any atom is -0.330 e. The molecule has 0 aliphatic rings. The molecule has 3 rings (SSSR count). The second-order valence-electron chi connectivity index (χ2n) is 6.93. The molecule has 2 aromatic heterocycles. The van der Waals surface area contributed by atoms with Crippen LogP contribution in [-0.2, 0) is 13.0 Å². The van der Waals surface area contributed by atoms with Gasteiger partial charge >= 0.3 is 0 Å². The van der Waals surface area contributed by atoms with E-state index >= 15 is 0 Å². The van der Waals surface area contributed by atoms with Crippen LogP contribution in [0.3, 0.4) is 0 Å². The van der Waals surface area contributed by atoms with Gasteiger partial charge in [-0.3, -0.25) is 9.89 Å². The smallest absolute Gasteiger partial charge is 0.262 e. The molecule has 0 aliphatic heterocycles. The largest absolute Gasteiger partial charge is 0.330 e. The van der Waals surface area contributed by atoms with Crippen molar-refractivity contribution in [3.8, 4) is 0 Å². The monoisotopic (exact) mass is 341 g/mol. The van der Waals surface area contributed by atoms with E-state index in [0.29, 0.717) is 18.5 Å². The Labute approximate surface area is 147 Å². The fourth-order valence-corrected chi connectivity index (χ4v) is 3.36. The summed E-state index contributed by atoms with van der Waals surface area (Å²) >= 11 is 0. The van der Waals surface area contributed by atoms with Crippen LogP contribution in [0, 0.1) is 6.92 Å². The number of rotatable bonds is 7. The van der Waals surface area contributed by atoms with Gasteiger partial charge in [0.15, 0.2) is 0 Å². The van der Waals surface area contributed by atoms with Crippen LogP contribution in [0.4, 0.5) is 0 Å². The maximum atomic E-state index is 12.9. The van der Waals surface area contributed by atoms with Gasteiger partial charge in [-0.15, -0.1) is 0 Å². The number of hydrogen-bond acceptors (Lipinski definition) is 4. The normalized spacial score (nSPS) is 11.9. The molecular weight excluding hydrogens is 314 g/mol. The summed E-state index contributed by atoms with van der Waals surface area (Å²) in [5.74, 6) is 0. The summed E-state index contributed by atoms with van der Waals surface area (Å²) in [5, 5.41) is 9.11. The number of nitrogens with two attached hydrogens (primary N) is 1. The number of nitrogens with one attached hydrogen (secondary N) is 1. The van der Waals surface area contributed by atoms with Crippen LogP contribution in [0.1, 0.15) is 24.1 Å². The van der Waals surface area contributed by atoms with Crippen LogP contribution in [0.25, 0.3) is 21.8 Å². The molecule has 3 N–H and O–H groups in total. The highest BCUT2D eigenvalue weighted by molar-refractivity contribution is 6.04. The van der Waals surface area contributed by atoms with Crippen molar-refractivity contribution in [3.63, 3.8) is 0 Å². The minimum absolute atomic E-state index is 0.0163. The van der Waals surface area contributed by atoms with Gasteiger partial charge in [0.25, 0.3) is 5.56 Å². The summed E-state index contributed by atoms with van der Waals surface area (Å²) in [6, 6.07) is 6.37. The highest BCUT2D eigenvalue weighted by Crippen LogP contribution is 2.24. The molecule has 0 radical (unpaired) electrons. The number of H-pyrrole nitrogens is 1. The standard InChI is InChI=1S/C19H27N5O/c1-13-17-18(22-21-13)15-12-14(6-4-10-23(2)3)7-8-16(15)24(19(17)25)11-5-9-20/h7-8,12H,4-6,9-11,20H2,1-3H3,(H,21,22). The van der Waals surface area contributed by atoms with E-state index in [-0.39, 0.29) is 5.56 Å². The average molecular weight is 341 g/mol. The van der Waals surface area contributed by atoms with Crippen molar-refractivity contribution >= 4 is 21.8 Å². The minimum atomic E-state index is 0.0163. The molecule has 0 aliphatic carbocycles. The molecule has 0 fully saturated rings. The molecule has 0 saturated carbocycles. The second kappa shape index (κ2) is 7.37. The quantitative estimate of drug-likeness (QED) is 0.689. The Hall–Kier alpha value is -2.18. The van der Waals surface area contributed by atoms with E-state index in [2.05, 4.69) is 47.4 Å². The molecule has 6 nitrogen and oxygen atoms in total. The molecule has 0 unspecified atom stereocenters. The SMILES string of the molecule is Cc1[nH]nc2c1c(=O)n(CCCN)c1ccc(CCCN(C)C)cc21. The first-order valence-corrected chi connectivity index (χ1v) is 8.88. The van der Waals surface area contributed by atoms with E-state index in [9.17, 15) is 4.79 Å². The van der Waals surface area contributed by atoms with Crippen molar-refractivity contribution in [2.24, 2.45) is 5.73 Å². The Balaban J connectivity index is 2.13. The highest BCUT2D eigenvalue weighted by Gasteiger charge is 2.15. The number of nitrogens with zero attached hydrogens (tertiary/aromatic N) is 3. The van der Waals surface area contributed by atoms with Crippen LogP contribution in [0.15, 0.2) is 23.0 Å². The van der Waals surface area contributed by atoms with E-state index < -0.39 is 0 Å². The number of fused-ring (bicyclic) bond motifs is 3. The molecular formula is C19H27N5O. The van der Waals surface area contributed by atoms with Gasteiger partial charge in [-0.1, -0.05) is 6.07 Å². The Morgan fingerprint density at radius 1 is 1.28 bits per heavy atom. The van der Waals surface area contributed by atoms with Gasteiger partial charge in [-0.05, 0) is 71.1 Å². The Kier molecular flexibility index (Phi) is 5.20. The molecule has 1 aromatic carbocycles. The zero-order valence-electron chi connectivity index (χ0n) is 15.3. The summed E-state index contributed by atoms with van der Waals surface area (Å²) in [6.45, 7) is 4.16. The van der Waals surface area contributed by atoms with Crippen molar-refractivity contribution in [1.29, 1.82) is 0 Å². The number of aromatic amines is 1. The lowest BCUT2D eigenvalue weighted by atomic mass is 10.0. The van der Waals surface area contributed by atoms with E-state index in [1.54, 1.807) is 0 Å². The molecule has 0 bridgehead atoms. The Bertz CT molecular complexity index is 938. The molecule has 3 aromatic rings. The lowest BCUT2D eigenvalue weighted by Crippen LogP contribution is -2.22. The molecule has 0 atom stereocenters. The fourth-order valence-electron chi connectivity index (χ4n) is 3.36. The fraction of sp³-hybridized carbons (Fsp3) is 0.474. The molecule has 25 heavy (non-hydrogen) atoms. The summed E-state index contributed by atoms with van der Waals surface area (Å²) in [6.07, 6.45) is 2.90. The number of hydrogen-bond donors (Lipinski definition) is 2. The zero-order valence-corrected chi connectivity index (χ0v) is 15.3. The molecule has 0 amide bonds. The summed E-state index contributed by atoms with van der Waals surface area (Å²) in [7, 11) is 4.18. The lowest BCUT2D eigenvalue weighted by Gasteiger charge is -2.13. The van der Waals surface area contributed by atoms with E-state index in [0.717, 1.165) is 47.9 Å². The van der Waals surface area contributed by atoms with E-state index in [4.69, 9.17) is 5.73 Å². The third-order valence-electron chi connectivity index (χ3n) is 4.67. The van der Waals surface area contributed by atoms with Crippen molar-refractivity contribution in [1.82, 2.24) is 19.7 Å². The second-order valence-corrected chi connectivity index (χ2v) is 6.93. The Morgan fingerprint density at radius 2 is 2.08 bits per heavy atom. The van der Waals surface area contributed by atoms with Crippen molar-refractivity contribution in [2.75, 3.05) is 27.2 Å². The predicted molar refractivity (Wildman–Crippen MR) is 103 cm³/mol. The molecule has 6 heteroatoms. The number of pyridine rings is 1. The summed E-state index contributed by atoms with van der Waals surface area (Å²) in [5.41, 5.74) is 9.49. The molecule has 134 valence electrons. The topological polar surface area (TPSA) is 79.9 Å². The number of aryl methyl sites for hydroxylation is 3. The van der Waals surface area contributed by atoms with E-state index in [1.165, 1.54) is 5.56 Å². The van der Waals surface area contributed by atoms with Gasteiger partial charge < -0.3 is 15.2 Å². The van der Waals surface area contributed by atoms with Gasteiger partial charge in [0, 0.05) is 17.6 Å². The third-order valence-corrected chi connectivity index (χ3v) is 4.67. The van der Waals surface area contributed by atoms with Gasteiger partial charge in [0.2, 0.25) is 0 Å². The number of benzene rings is 1. The first-order chi connectivity index (χ1) is 12.0. The van der Waals surface area contributed by atoms with Gasteiger partial charge in [-0.25, -0.2) is 0 Å². The van der Waals surface area contributed by atoms with Crippen molar-refractivity contribution in [2.45, 2.75) is 32.7 Å². The average Bonchev–Trinajstić information content (AvgIpc) is 2.97. The van der Waals surface area contributed by atoms with Gasteiger partial charge in [-0.2, -0.15) is 5.10 Å². The van der Waals surface area contributed by atoms with Crippen LogP contribution in [-0.4, -0.2) is 46.8 Å². The highest BCUT2D eigenvalue weighted by atomic mass is 16.1. The van der Waals surface area contributed by atoms with Crippen LogP contribution in [0.5, 0.6) is 0 Å². The van der Waals surface area contributed by atoms with E-state index in [1.807, 2.05) is 11.5 Å². The lowest BCUT2D eigenvalue weighted by molar-refractivity contribution is 0.400. The molecule has 0 spiro atoms. The van der Waals surface area contributed by atoms with Crippen LogP contribution in [0.2, 0.25) is 0 Å². The van der Waals surface area contributed by atoms with Gasteiger partial charge in [0.05, 0.1) is 10.9 Å². The summed E-state index contributed by atoms with van der Waals surface area (Å²) < 4.78 is 1.84. The Morgan fingerprint density at radius 3 is 2.80 bits per heavy atom.